The van der Waals surface area contributed by atoms with Crippen LogP contribution in [0.25, 0.3) is 0 Å². The molecule has 0 spiro atoms. The van der Waals surface area contributed by atoms with E-state index < -0.39 is 5.60 Å². The molecular formula is C22H28ClNO3. The lowest BCUT2D eigenvalue weighted by Gasteiger charge is -2.33. The Morgan fingerprint density at radius 3 is 2.04 bits per heavy atom. The van der Waals surface area contributed by atoms with Crippen LogP contribution in [0.15, 0.2) is 60.7 Å². The Bertz CT molecular complexity index is 669. The number of nitrogens with one attached hydrogen (secondary N) is 1. The van der Waals surface area contributed by atoms with Crippen LogP contribution in [-0.2, 0) is 19.9 Å². The second-order valence-electron chi connectivity index (χ2n) is 6.72. The first-order chi connectivity index (χ1) is 12.7. The highest BCUT2D eigenvalue weighted by Crippen LogP contribution is 2.35. The van der Waals surface area contributed by atoms with Gasteiger partial charge < -0.3 is 26.8 Å². The number of ether oxygens (including phenoxy) is 2. The van der Waals surface area contributed by atoms with Gasteiger partial charge >= 0.3 is 5.97 Å². The van der Waals surface area contributed by atoms with Crippen molar-refractivity contribution in [3.8, 4) is 0 Å². The van der Waals surface area contributed by atoms with E-state index in [0.717, 1.165) is 37.2 Å². The van der Waals surface area contributed by atoms with Crippen molar-refractivity contribution in [3.05, 3.63) is 71.8 Å². The SMILES string of the molecule is CCOC(C(=O)OC1CC[NH+](CC)C1)(c1ccccc1)c1ccccc1.[Cl-]. The number of carbonyl (C=O) groups is 1. The van der Waals surface area contributed by atoms with E-state index in [4.69, 9.17) is 9.47 Å². The van der Waals surface area contributed by atoms with Gasteiger partial charge in [-0.2, -0.15) is 0 Å². The molecule has 1 N–H and O–H groups in total. The topological polar surface area (TPSA) is 40.0 Å². The van der Waals surface area contributed by atoms with Crippen LogP contribution in [0.1, 0.15) is 31.4 Å². The van der Waals surface area contributed by atoms with Crippen LogP contribution in [0.5, 0.6) is 0 Å². The first kappa shape index (κ1) is 21.4. The van der Waals surface area contributed by atoms with Gasteiger partial charge in [-0.25, -0.2) is 4.79 Å². The Morgan fingerprint density at radius 2 is 1.59 bits per heavy atom. The third-order valence-corrected chi connectivity index (χ3v) is 5.12. The molecule has 0 saturated carbocycles. The molecule has 2 aromatic rings. The third-order valence-electron chi connectivity index (χ3n) is 5.12. The quantitative estimate of drug-likeness (QED) is 0.630. The third kappa shape index (κ3) is 4.52. The minimum absolute atomic E-state index is 0. The van der Waals surface area contributed by atoms with Crippen molar-refractivity contribution in [2.75, 3.05) is 26.2 Å². The summed E-state index contributed by atoms with van der Waals surface area (Å²) in [5.74, 6) is -0.320. The molecule has 5 heteroatoms. The van der Waals surface area contributed by atoms with Crippen molar-refractivity contribution in [2.45, 2.75) is 32.0 Å². The second kappa shape index (κ2) is 9.88. The van der Waals surface area contributed by atoms with Crippen molar-refractivity contribution >= 4 is 5.97 Å². The highest BCUT2D eigenvalue weighted by atomic mass is 35.5. The summed E-state index contributed by atoms with van der Waals surface area (Å²) in [6.45, 7) is 7.46. The molecule has 0 aromatic heterocycles. The number of likely N-dealkylation sites (N-methyl/N-ethyl adjacent to an activating group) is 1. The molecule has 1 fully saturated rings. The minimum Gasteiger partial charge on any atom is -1.00 e. The van der Waals surface area contributed by atoms with Crippen molar-refractivity contribution in [1.82, 2.24) is 0 Å². The van der Waals surface area contributed by atoms with E-state index in [1.165, 1.54) is 4.90 Å². The Labute approximate surface area is 167 Å². The Kier molecular flexibility index (Phi) is 7.84. The summed E-state index contributed by atoms with van der Waals surface area (Å²) in [7, 11) is 0. The van der Waals surface area contributed by atoms with E-state index in [2.05, 4.69) is 6.92 Å². The fourth-order valence-electron chi connectivity index (χ4n) is 3.74. The lowest BCUT2D eigenvalue weighted by Crippen LogP contribution is -3.10. The monoisotopic (exact) mass is 389 g/mol. The normalized spacial score (nSPS) is 19.3. The number of hydrogen-bond donors (Lipinski definition) is 1. The number of esters is 1. The molecule has 1 heterocycles. The molecule has 3 rings (SSSR count). The zero-order valence-corrected chi connectivity index (χ0v) is 16.7. The average Bonchev–Trinajstić information content (AvgIpc) is 3.15. The molecular weight excluding hydrogens is 362 g/mol. The van der Waals surface area contributed by atoms with E-state index in [0.29, 0.717) is 6.61 Å². The van der Waals surface area contributed by atoms with Crippen LogP contribution in [0, 0.1) is 0 Å². The Balaban J connectivity index is 0.00000261. The second-order valence-corrected chi connectivity index (χ2v) is 6.72. The molecule has 1 aliphatic heterocycles. The predicted molar refractivity (Wildman–Crippen MR) is 101 cm³/mol. The van der Waals surface area contributed by atoms with Crippen molar-refractivity contribution in [2.24, 2.45) is 0 Å². The van der Waals surface area contributed by atoms with Gasteiger partial charge in [0.1, 0.15) is 6.54 Å². The van der Waals surface area contributed by atoms with Gasteiger partial charge in [0.05, 0.1) is 13.1 Å². The average molecular weight is 390 g/mol. The molecule has 27 heavy (non-hydrogen) atoms. The van der Waals surface area contributed by atoms with Gasteiger partial charge in [-0.15, -0.1) is 0 Å². The van der Waals surface area contributed by atoms with Gasteiger partial charge in [-0.3, -0.25) is 0 Å². The van der Waals surface area contributed by atoms with Crippen molar-refractivity contribution in [3.63, 3.8) is 0 Å². The number of rotatable bonds is 7. The smallest absolute Gasteiger partial charge is 0.348 e. The standard InChI is InChI=1S/C22H27NO3.ClH/c1-3-23-16-15-20(17-23)26-21(24)22(25-4-2,18-11-7-5-8-12-18)19-13-9-6-10-14-19;/h5-14,20H,3-4,15-17H2,1-2H3;1H. The molecule has 0 radical (unpaired) electrons. The van der Waals surface area contributed by atoms with E-state index in [1.54, 1.807) is 0 Å². The number of halogens is 1. The molecule has 146 valence electrons. The summed E-state index contributed by atoms with van der Waals surface area (Å²) in [5, 5.41) is 0. The molecule has 2 atom stereocenters. The van der Waals surface area contributed by atoms with Gasteiger partial charge in [0.2, 0.25) is 5.60 Å². The summed E-state index contributed by atoms with van der Waals surface area (Å²) < 4.78 is 12.1. The van der Waals surface area contributed by atoms with Crippen molar-refractivity contribution < 1.29 is 31.6 Å². The van der Waals surface area contributed by atoms with Gasteiger partial charge in [0, 0.05) is 13.0 Å². The largest absolute Gasteiger partial charge is 1.00 e. The Morgan fingerprint density at radius 1 is 1.04 bits per heavy atom. The predicted octanol–water partition coefficient (Wildman–Crippen LogP) is -0.809. The molecule has 0 aliphatic carbocycles. The maximum atomic E-state index is 13.5. The lowest BCUT2D eigenvalue weighted by molar-refractivity contribution is -0.886. The fourth-order valence-corrected chi connectivity index (χ4v) is 3.74. The first-order valence-electron chi connectivity index (χ1n) is 9.50. The van der Waals surface area contributed by atoms with Crippen LogP contribution in [0.2, 0.25) is 0 Å². The van der Waals surface area contributed by atoms with Crippen LogP contribution >= 0.6 is 0 Å². The summed E-state index contributed by atoms with van der Waals surface area (Å²) >= 11 is 0. The summed E-state index contributed by atoms with van der Waals surface area (Å²) in [4.78, 5) is 14.9. The summed E-state index contributed by atoms with van der Waals surface area (Å²) in [6.07, 6.45) is 0.852. The van der Waals surface area contributed by atoms with E-state index in [1.807, 2.05) is 67.6 Å². The number of benzene rings is 2. The van der Waals surface area contributed by atoms with E-state index in [9.17, 15) is 4.79 Å². The maximum absolute atomic E-state index is 13.5. The van der Waals surface area contributed by atoms with Gasteiger partial charge in [-0.1, -0.05) is 60.7 Å². The van der Waals surface area contributed by atoms with E-state index in [-0.39, 0.29) is 24.5 Å². The molecule has 0 amide bonds. The number of hydrogen-bond acceptors (Lipinski definition) is 3. The molecule has 2 unspecified atom stereocenters. The summed E-state index contributed by atoms with van der Waals surface area (Å²) in [6, 6.07) is 19.3. The molecule has 1 aliphatic rings. The van der Waals surface area contributed by atoms with E-state index >= 15 is 0 Å². The summed E-state index contributed by atoms with van der Waals surface area (Å²) in [5.41, 5.74) is 0.373. The number of quaternary nitrogens is 1. The Hall–Kier alpha value is -1.88. The minimum atomic E-state index is -1.23. The van der Waals surface area contributed by atoms with Crippen LogP contribution in [0.4, 0.5) is 0 Å². The molecule has 0 bridgehead atoms. The highest BCUT2D eigenvalue weighted by Gasteiger charge is 2.46. The molecule has 2 aromatic carbocycles. The van der Waals surface area contributed by atoms with Crippen molar-refractivity contribution in [1.29, 1.82) is 0 Å². The van der Waals surface area contributed by atoms with Gasteiger partial charge in [0.25, 0.3) is 0 Å². The van der Waals surface area contributed by atoms with Crippen LogP contribution < -0.4 is 17.3 Å². The lowest BCUT2D eigenvalue weighted by atomic mass is 9.86. The van der Waals surface area contributed by atoms with Gasteiger partial charge in [-0.05, 0) is 25.0 Å². The highest BCUT2D eigenvalue weighted by molar-refractivity contribution is 5.86. The number of likely N-dealkylation sites (tertiary alicyclic amines) is 1. The molecule has 1 saturated heterocycles. The first-order valence-corrected chi connectivity index (χ1v) is 9.50. The zero-order valence-electron chi connectivity index (χ0n) is 16.0. The van der Waals surface area contributed by atoms with Crippen LogP contribution in [-0.4, -0.2) is 38.3 Å². The van der Waals surface area contributed by atoms with Gasteiger partial charge in [0.15, 0.2) is 6.10 Å². The zero-order chi connectivity index (χ0) is 18.4. The maximum Gasteiger partial charge on any atom is 0.348 e. The molecule has 4 nitrogen and oxygen atoms in total. The fraction of sp³-hybridized carbons (Fsp3) is 0.409. The number of carbonyl (C=O) groups excluding carboxylic acids is 1. The van der Waals surface area contributed by atoms with Crippen LogP contribution in [0.3, 0.4) is 0 Å².